The Hall–Kier alpha value is -1.92. The molecule has 4 rings (SSSR count). The van der Waals surface area contributed by atoms with E-state index in [1.807, 2.05) is 0 Å². The lowest BCUT2D eigenvalue weighted by molar-refractivity contribution is 0.0500. The summed E-state index contributed by atoms with van der Waals surface area (Å²) in [6, 6.07) is 10.5. The zero-order valence-electron chi connectivity index (χ0n) is 15.1. The molecule has 2 heterocycles. The summed E-state index contributed by atoms with van der Waals surface area (Å²) in [5.74, 6) is 0.548. The first-order valence-corrected chi connectivity index (χ1v) is 10.1. The minimum Gasteiger partial charge on any atom is -0.381 e. The van der Waals surface area contributed by atoms with E-state index in [0.29, 0.717) is 24.3 Å². The Morgan fingerprint density at radius 2 is 2.04 bits per heavy atom. The number of rotatable bonds is 3. The number of nitrogens with zero attached hydrogens (tertiary/aromatic N) is 1. The van der Waals surface area contributed by atoms with Crippen LogP contribution in [0.1, 0.15) is 48.2 Å². The molecule has 2 N–H and O–H groups in total. The molecule has 1 aliphatic carbocycles. The van der Waals surface area contributed by atoms with Crippen LogP contribution in [0.5, 0.6) is 0 Å². The number of aromatic nitrogens is 1. The highest BCUT2D eigenvalue weighted by molar-refractivity contribution is 7.15. The number of anilines is 1. The third-order valence-electron chi connectivity index (χ3n) is 5.44. The number of thiazole rings is 1. The smallest absolute Gasteiger partial charge is 0.321 e. The molecular formula is C20H25N3O2S. The van der Waals surface area contributed by atoms with Crippen molar-refractivity contribution in [3.05, 3.63) is 46.5 Å². The van der Waals surface area contributed by atoms with Crippen LogP contribution < -0.4 is 10.6 Å². The summed E-state index contributed by atoms with van der Waals surface area (Å²) in [6.07, 6.45) is 4.78. The van der Waals surface area contributed by atoms with E-state index in [1.165, 1.54) is 10.4 Å². The number of carbonyl (C=O) groups is 1. The van der Waals surface area contributed by atoms with Gasteiger partial charge in [0.1, 0.15) is 0 Å². The first-order valence-electron chi connectivity index (χ1n) is 9.32. The molecule has 1 saturated heterocycles. The highest BCUT2D eigenvalue weighted by Crippen LogP contribution is 2.36. The number of amides is 2. The molecular weight excluding hydrogens is 346 g/mol. The highest BCUT2D eigenvalue weighted by Gasteiger charge is 2.30. The van der Waals surface area contributed by atoms with Crippen LogP contribution in [-0.4, -0.2) is 29.8 Å². The summed E-state index contributed by atoms with van der Waals surface area (Å²) in [7, 11) is 0. The van der Waals surface area contributed by atoms with Gasteiger partial charge in [-0.2, -0.15) is 0 Å². The molecule has 2 amide bonds. The maximum atomic E-state index is 12.4. The van der Waals surface area contributed by atoms with Gasteiger partial charge in [0.15, 0.2) is 5.13 Å². The summed E-state index contributed by atoms with van der Waals surface area (Å²) in [4.78, 5) is 18.3. The van der Waals surface area contributed by atoms with E-state index in [-0.39, 0.29) is 11.6 Å². The van der Waals surface area contributed by atoms with Crippen LogP contribution in [0.4, 0.5) is 9.93 Å². The van der Waals surface area contributed by atoms with Gasteiger partial charge in [0, 0.05) is 23.6 Å². The largest absolute Gasteiger partial charge is 0.381 e. The van der Waals surface area contributed by atoms with Crippen molar-refractivity contribution in [2.24, 2.45) is 0 Å². The number of aryl methyl sites for hydroxylation is 1. The third kappa shape index (κ3) is 3.91. The fourth-order valence-corrected chi connectivity index (χ4v) is 4.87. The topological polar surface area (TPSA) is 63.2 Å². The normalized spacial score (nSPS) is 21.7. The summed E-state index contributed by atoms with van der Waals surface area (Å²) in [6.45, 7) is 3.47. The number of fused-ring (bicyclic) bond motifs is 1. The predicted octanol–water partition coefficient (Wildman–Crippen LogP) is 4.11. The van der Waals surface area contributed by atoms with Gasteiger partial charge < -0.3 is 10.1 Å². The molecule has 1 atom stereocenters. The number of benzene rings is 1. The molecule has 1 aliphatic heterocycles. The summed E-state index contributed by atoms with van der Waals surface area (Å²) in [5.41, 5.74) is 2.35. The first kappa shape index (κ1) is 17.5. The maximum Gasteiger partial charge on any atom is 0.321 e. The molecule has 2 aliphatic rings. The van der Waals surface area contributed by atoms with Crippen LogP contribution in [0.15, 0.2) is 30.3 Å². The molecule has 1 aromatic carbocycles. The Morgan fingerprint density at radius 3 is 2.81 bits per heavy atom. The number of hydrogen-bond donors (Lipinski definition) is 2. The molecule has 138 valence electrons. The van der Waals surface area contributed by atoms with E-state index in [2.05, 4.69) is 52.9 Å². The molecule has 26 heavy (non-hydrogen) atoms. The third-order valence-corrected chi connectivity index (χ3v) is 6.48. The lowest BCUT2D eigenvalue weighted by Gasteiger charge is -2.34. The number of ether oxygens (including phenoxy) is 1. The Labute approximate surface area is 158 Å². The monoisotopic (exact) mass is 371 g/mol. The van der Waals surface area contributed by atoms with Crippen molar-refractivity contribution in [1.82, 2.24) is 10.3 Å². The average molecular weight is 372 g/mol. The molecule has 0 spiro atoms. The molecule has 0 bridgehead atoms. The zero-order chi connectivity index (χ0) is 18.0. The number of carbonyl (C=O) groups excluding carboxylic acids is 1. The van der Waals surface area contributed by atoms with Crippen molar-refractivity contribution < 1.29 is 9.53 Å². The molecule has 6 heteroatoms. The van der Waals surface area contributed by atoms with Crippen molar-refractivity contribution in [3.63, 3.8) is 0 Å². The van der Waals surface area contributed by atoms with Crippen molar-refractivity contribution in [3.8, 4) is 0 Å². The van der Waals surface area contributed by atoms with Crippen molar-refractivity contribution in [1.29, 1.82) is 0 Å². The van der Waals surface area contributed by atoms with Crippen molar-refractivity contribution in [2.45, 2.75) is 50.5 Å². The standard InChI is InChI=1S/C20H25N3O2S/c1-20(9-11-25-12-10-20)23-18(24)22-19-21-16-8-7-15(13-17(16)26-19)14-5-3-2-4-6-14/h2-6,15H,7-13H2,1H3,(H2,21,22,23,24). The summed E-state index contributed by atoms with van der Waals surface area (Å²) < 4.78 is 5.38. The van der Waals surface area contributed by atoms with Gasteiger partial charge in [-0.25, -0.2) is 9.78 Å². The fraction of sp³-hybridized carbons (Fsp3) is 0.500. The van der Waals surface area contributed by atoms with Gasteiger partial charge in [0.2, 0.25) is 0 Å². The second-order valence-corrected chi connectivity index (χ2v) is 8.58. The quantitative estimate of drug-likeness (QED) is 0.854. The van der Waals surface area contributed by atoms with E-state index >= 15 is 0 Å². The van der Waals surface area contributed by atoms with Crippen LogP contribution >= 0.6 is 11.3 Å². The zero-order valence-corrected chi connectivity index (χ0v) is 15.9. The van der Waals surface area contributed by atoms with E-state index in [1.54, 1.807) is 11.3 Å². The van der Waals surface area contributed by atoms with Crippen LogP contribution in [-0.2, 0) is 17.6 Å². The van der Waals surface area contributed by atoms with Crippen molar-refractivity contribution in [2.75, 3.05) is 18.5 Å². The van der Waals surface area contributed by atoms with E-state index in [0.717, 1.165) is 37.8 Å². The molecule has 0 radical (unpaired) electrons. The highest BCUT2D eigenvalue weighted by atomic mass is 32.1. The molecule has 1 fully saturated rings. The van der Waals surface area contributed by atoms with Crippen molar-refractivity contribution >= 4 is 22.5 Å². The van der Waals surface area contributed by atoms with E-state index in [9.17, 15) is 4.79 Å². The number of urea groups is 1. The Balaban J connectivity index is 1.39. The second kappa shape index (κ2) is 7.37. The fourth-order valence-electron chi connectivity index (χ4n) is 3.79. The minimum atomic E-state index is -0.197. The lowest BCUT2D eigenvalue weighted by atomic mass is 9.85. The molecule has 2 aromatic rings. The Bertz CT molecular complexity index is 769. The van der Waals surface area contributed by atoms with Crippen LogP contribution in [0, 0.1) is 0 Å². The average Bonchev–Trinajstić information content (AvgIpc) is 3.03. The van der Waals surface area contributed by atoms with Gasteiger partial charge in [0.25, 0.3) is 0 Å². The molecule has 5 nitrogen and oxygen atoms in total. The summed E-state index contributed by atoms with van der Waals surface area (Å²) >= 11 is 1.62. The van der Waals surface area contributed by atoms with Crippen LogP contribution in [0.25, 0.3) is 0 Å². The van der Waals surface area contributed by atoms with Gasteiger partial charge in [-0.15, -0.1) is 11.3 Å². The first-order chi connectivity index (χ1) is 12.6. The number of nitrogens with one attached hydrogen (secondary N) is 2. The minimum absolute atomic E-state index is 0.167. The molecule has 1 unspecified atom stereocenters. The van der Waals surface area contributed by atoms with Gasteiger partial charge >= 0.3 is 6.03 Å². The van der Waals surface area contributed by atoms with Gasteiger partial charge in [0.05, 0.1) is 5.69 Å². The Kier molecular flexibility index (Phi) is 4.96. The number of hydrogen-bond acceptors (Lipinski definition) is 4. The lowest BCUT2D eigenvalue weighted by Crippen LogP contribution is -2.51. The second-order valence-electron chi connectivity index (χ2n) is 7.49. The predicted molar refractivity (Wildman–Crippen MR) is 104 cm³/mol. The SMILES string of the molecule is CC1(NC(=O)Nc2nc3c(s2)CC(c2ccccc2)CC3)CCOCC1. The maximum absolute atomic E-state index is 12.4. The molecule has 0 saturated carbocycles. The van der Waals surface area contributed by atoms with Crippen LogP contribution in [0.3, 0.4) is 0 Å². The van der Waals surface area contributed by atoms with Gasteiger partial charge in [-0.1, -0.05) is 30.3 Å². The Morgan fingerprint density at radius 1 is 1.27 bits per heavy atom. The van der Waals surface area contributed by atoms with Crippen LogP contribution in [0.2, 0.25) is 0 Å². The van der Waals surface area contributed by atoms with E-state index in [4.69, 9.17) is 4.74 Å². The molecule has 1 aromatic heterocycles. The van der Waals surface area contributed by atoms with Gasteiger partial charge in [-0.3, -0.25) is 5.32 Å². The van der Waals surface area contributed by atoms with E-state index < -0.39 is 0 Å². The van der Waals surface area contributed by atoms with Gasteiger partial charge in [-0.05, 0) is 50.5 Å². The summed E-state index contributed by atoms with van der Waals surface area (Å²) in [5, 5.41) is 6.74.